The summed E-state index contributed by atoms with van der Waals surface area (Å²) in [5.41, 5.74) is 6.93. The minimum atomic E-state index is -0.377. The average Bonchev–Trinajstić information content (AvgIpc) is 2.80. The Bertz CT molecular complexity index is 515. The summed E-state index contributed by atoms with van der Waals surface area (Å²) in [6.07, 6.45) is 2.66. The van der Waals surface area contributed by atoms with Gasteiger partial charge in [0.1, 0.15) is 0 Å². The molecule has 0 aliphatic carbocycles. The molecule has 1 saturated heterocycles. The number of rotatable bonds is 6. The number of benzene rings is 1. The van der Waals surface area contributed by atoms with E-state index in [1.54, 1.807) is 0 Å². The van der Waals surface area contributed by atoms with Crippen molar-refractivity contribution >= 4 is 30.7 Å². The molecule has 0 spiro atoms. The normalized spacial score (nSPS) is 18.5. The summed E-state index contributed by atoms with van der Waals surface area (Å²) >= 11 is 0. The van der Waals surface area contributed by atoms with Crippen molar-refractivity contribution in [2.75, 3.05) is 26.2 Å². The molecule has 0 saturated carbocycles. The summed E-state index contributed by atoms with van der Waals surface area (Å²) < 4.78 is 0. The van der Waals surface area contributed by atoms with E-state index < -0.39 is 0 Å². The maximum atomic E-state index is 13.1. The summed E-state index contributed by atoms with van der Waals surface area (Å²) in [6.45, 7) is 10.4. The lowest BCUT2D eigenvalue weighted by atomic mass is 9.81. The van der Waals surface area contributed by atoms with Crippen LogP contribution in [0.2, 0.25) is 0 Å². The van der Waals surface area contributed by atoms with Crippen molar-refractivity contribution in [1.29, 1.82) is 0 Å². The van der Waals surface area contributed by atoms with Gasteiger partial charge in [0.05, 0.1) is 5.41 Å². The molecule has 1 fully saturated rings. The third kappa shape index (κ3) is 5.85. The van der Waals surface area contributed by atoms with Gasteiger partial charge < -0.3 is 10.6 Å². The SMILES string of the molecule is CCC(CC)(CN)C(=O)N1CCC(C)N(Cc2ccccc2)CC1.Cl.Cl. The highest BCUT2D eigenvalue weighted by atomic mass is 35.5. The molecule has 1 unspecified atom stereocenters. The Morgan fingerprint density at radius 1 is 1.12 bits per heavy atom. The molecule has 1 aliphatic rings. The lowest BCUT2D eigenvalue weighted by molar-refractivity contribution is -0.142. The third-order valence-electron chi connectivity index (χ3n) is 5.81. The highest BCUT2D eigenvalue weighted by Gasteiger charge is 2.37. The van der Waals surface area contributed by atoms with Gasteiger partial charge in [-0.05, 0) is 31.7 Å². The Balaban J connectivity index is 0.00000312. The fourth-order valence-corrected chi connectivity index (χ4v) is 3.63. The van der Waals surface area contributed by atoms with Crippen LogP contribution >= 0.6 is 24.8 Å². The number of carbonyl (C=O) groups is 1. The second kappa shape index (κ2) is 11.8. The molecule has 1 atom stereocenters. The standard InChI is InChI=1S/C20H33N3O.2ClH/c1-4-20(5-2,16-21)19(24)22-12-11-17(3)23(14-13-22)15-18-9-7-6-8-10-18;;/h6-10,17H,4-5,11-16,21H2,1-3H3;2*1H. The Kier molecular flexibility index (Phi) is 11.4. The summed E-state index contributed by atoms with van der Waals surface area (Å²) in [6, 6.07) is 11.1. The Hall–Kier alpha value is -0.810. The maximum absolute atomic E-state index is 13.1. The van der Waals surface area contributed by atoms with Crippen molar-refractivity contribution in [3.05, 3.63) is 35.9 Å². The monoisotopic (exact) mass is 403 g/mol. The van der Waals surface area contributed by atoms with Crippen LogP contribution in [0.25, 0.3) is 0 Å². The summed E-state index contributed by atoms with van der Waals surface area (Å²) in [4.78, 5) is 17.6. The molecule has 1 aliphatic heterocycles. The molecule has 150 valence electrons. The van der Waals surface area contributed by atoms with Crippen LogP contribution < -0.4 is 5.73 Å². The predicted octanol–water partition coefficient (Wildman–Crippen LogP) is 3.72. The third-order valence-corrected chi connectivity index (χ3v) is 5.81. The molecule has 6 heteroatoms. The number of halogens is 2. The van der Waals surface area contributed by atoms with Gasteiger partial charge in [0.15, 0.2) is 0 Å². The lowest BCUT2D eigenvalue weighted by Crippen LogP contribution is -2.48. The second-order valence-corrected chi connectivity index (χ2v) is 7.08. The van der Waals surface area contributed by atoms with Crippen LogP contribution in [0.5, 0.6) is 0 Å². The zero-order valence-corrected chi connectivity index (χ0v) is 18.0. The van der Waals surface area contributed by atoms with Gasteiger partial charge in [-0.2, -0.15) is 0 Å². The Labute approximate surface area is 171 Å². The van der Waals surface area contributed by atoms with Crippen molar-refractivity contribution in [3.8, 4) is 0 Å². The van der Waals surface area contributed by atoms with E-state index in [0.29, 0.717) is 12.6 Å². The molecule has 1 aromatic rings. The predicted molar refractivity (Wildman–Crippen MR) is 114 cm³/mol. The molecule has 2 N–H and O–H groups in total. The zero-order valence-electron chi connectivity index (χ0n) is 16.3. The highest BCUT2D eigenvalue weighted by Crippen LogP contribution is 2.29. The molecule has 4 nitrogen and oxygen atoms in total. The Morgan fingerprint density at radius 3 is 2.27 bits per heavy atom. The van der Waals surface area contributed by atoms with Crippen LogP contribution in [-0.4, -0.2) is 47.9 Å². The number of nitrogens with two attached hydrogens (primary N) is 1. The second-order valence-electron chi connectivity index (χ2n) is 7.08. The van der Waals surface area contributed by atoms with Gasteiger partial charge in [-0.1, -0.05) is 44.2 Å². The first-order valence-electron chi connectivity index (χ1n) is 9.33. The van der Waals surface area contributed by atoms with Gasteiger partial charge >= 0.3 is 0 Å². The van der Waals surface area contributed by atoms with Crippen LogP contribution in [0.4, 0.5) is 0 Å². The van der Waals surface area contributed by atoms with Crippen molar-refractivity contribution < 1.29 is 4.79 Å². The van der Waals surface area contributed by atoms with Crippen molar-refractivity contribution in [1.82, 2.24) is 9.80 Å². The molecule has 1 heterocycles. The van der Waals surface area contributed by atoms with Crippen molar-refractivity contribution in [2.45, 2.75) is 52.6 Å². The average molecular weight is 404 g/mol. The number of carbonyl (C=O) groups excluding carboxylic acids is 1. The van der Waals surface area contributed by atoms with Gasteiger partial charge in [0.2, 0.25) is 5.91 Å². The van der Waals surface area contributed by atoms with E-state index in [1.807, 2.05) is 0 Å². The van der Waals surface area contributed by atoms with E-state index in [0.717, 1.165) is 45.4 Å². The molecule has 26 heavy (non-hydrogen) atoms. The molecule has 0 bridgehead atoms. The minimum Gasteiger partial charge on any atom is -0.341 e. The van der Waals surface area contributed by atoms with Gasteiger partial charge in [-0.25, -0.2) is 0 Å². The molecule has 0 radical (unpaired) electrons. The minimum absolute atomic E-state index is 0. The lowest BCUT2D eigenvalue weighted by Gasteiger charge is -2.34. The smallest absolute Gasteiger partial charge is 0.230 e. The van der Waals surface area contributed by atoms with E-state index in [-0.39, 0.29) is 36.1 Å². The van der Waals surface area contributed by atoms with E-state index >= 15 is 0 Å². The molecule has 0 aromatic heterocycles. The molecule has 1 amide bonds. The topological polar surface area (TPSA) is 49.6 Å². The summed E-state index contributed by atoms with van der Waals surface area (Å²) in [5.74, 6) is 0.253. The van der Waals surface area contributed by atoms with Crippen LogP contribution in [-0.2, 0) is 11.3 Å². The van der Waals surface area contributed by atoms with Crippen LogP contribution in [0.3, 0.4) is 0 Å². The van der Waals surface area contributed by atoms with Crippen molar-refractivity contribution in [3.63, 3.8) is 0 Å². The fraction of sp³-hybridized carbons (Fsp3) is 0.650. The molecule has 1 aromatic carbocycles. The van der Waals surface area contributed by atoms with Crippen molar-refractivity contribution in [2.24, 2.45) is 11.1 Å². The van der Waals surface area contributed by atoms with Gasteiger partial charge in [-0.15, -0.1) is 24.8 Å². The van der Waals surface area contributed by atoms with Crippen LogP contribution in [0.15, 0.2) is 30.3 Å². The maximum Gasteiger partial charge on any atom is 0.230 e. The van der Waals surface area contributed by atoms with E-state index in [4.69, 9.17) is 5.73 Å². The first kappa shape index (κ1) is 25.2. The Morgan fingerprint density at radius 2 is 1.73 bits per heavy atom. The van der Waals surface area contributed by atoms with E-state index in [9.17, 15) is 4.79 Å². The van der Waals surface area contributed by atoms with E-state index in [1.165, 1.54) is 5.56 Å². The van der Waals surface area contributed by atoms with E-state index in [2.05, 4.69) is 60.9 Å². The largest absolute Gasteiger partial charge is 0.341 e. The molecular weight excluding hydrogens is 369 g/mol. The fourth-order valence-electron chi connectivity index (χ4n) is 3.63. The van der Waals surface area contributed by atoms with Crippen LogP contribution in [0.1, 0.15) is 45.6 Å². The molecule has 2 rings (SSSR count). The van der Waals surface area contributed by atoms with Gasteiger partial charge in [-0.3, -0.25) is 9.69 Å². The molecular formula is C20H35Cl2N3O. The van der Waals surface area contributed by atoms with Gasteiger partial charge in [0, 0.05) is 38.8 Å². The zero-order chi connectivity index (χ0) is 17.6. The highest BCUT2D eigenvalue weighted by molar-refractivity contribution is 5.85. The number of hydrogen-bond donors (Lipinski definition) is 1. The number of hydrogen-bond acceptors (Lipinski definition) is 3. The van der Waals surface area contributed by atoms with Crippen LogP contribution in [0, 0.1) is 5.41 Å². The number of amides is 1. The first-order chi connectivity index (χ1) is 11.6. The first-order valence-corrected chi connectivity index (χ1v) is 9.33. The quantitative estimate of drug-likeness (QED) is 0.786. The number of nitrogens with zero attached hydrogens (tertiary/aromatic N) is 2. The summed E-state index contributed by atoms with van der Waals surface area (Å²) in [7, 11) is 0. The van der Waals surface area contributed by atoms with Gasteiger partial charge in [0.25, 0.3) is 0 Å². The summed E-state index contributed by atoms with van der Waals surface area (Å²) in [5, 5.41) is 0.